The number of furan rings is 1. The van der Waals surface area contributed by atoms with Gasteiger partial charge < -0.3 is 9.73 Å². The van der Waals surface area contributed by atoms with E-state index in [0.717, 1.165) is 12.2 Å². The molecule has 1 aromatic carbocycles. The Morgan fingerprint density at radius 3 is 2.61 bits per heavy atom. The first-order chi connectivity index (χ1) is 8.81. The van der Waals surface area contributed by atoms with Crippen molar-refractivity contribution < 1.29 is 9.73 Å². The van der Waals surface area contributed by atoms with Gasteiger partial charge in [0, 0.05) is 12.0 Å². The van der Waals surface area contributed by atoms with Gasteiger partial charge >= 0.3 is 0 Å². The van der Waals surface area contributed by atoms with E-state index in [1.54, 1.807) is 6.26 Å². The maximum atomic E-state index is 5.51. The van der Waals surface area contributed by atoms with Gasteiger partial charge in [0.15, 0.2) is 5.76 Å². The number of benzene rings is 1. The zero-order valence-electron chi connectivity index (χ0n) is 10.8. The van der Waals surface area contributed by atoms with Crippen LogP contribution in [0.4, 0.5) is 0 Å². The van der Waals surface area contributed by atoms with Crippen molar-refractivity contribution in [2.24, 2.45) is 0 Å². The topological polar surface area (TPSA) is 29.8 Å². The van der Waals surface area contributed by atoms with Crippen LogP contribution >= 0.6 is 0 Å². The maximum Gasteiger partial charge on any atom is 0.161 e. The lowest BCUT2D eigenvalue weighted by molar-refractivity contribution is -0.732. The summed E-state index contributed by atoms with van der Waals surface area (Å²) in [5, 5.41) is 2.33. The molecule has 0 fully saturated rings. The molecule has 2 atom stereocenters. The van der Waals surface area contributed by atoms with E-state index in [0.29, 0.717) is 12.1 Å². The maximum absolute atomic E-state index is 5.51. The van der Waals surface area contributed by atoms with Crippen molar-refractivity contribution >= 4 is 0 Å². The van der Waals surface area contributed by atoms with E-state index in [9.17, 15) is 0 Å². The summed E-state index contributed by atoms with van der Waals surface area (Å²) in [7, 11) is 0. The number of nitrogens with two attached hydrogens (primary N) is 1. The highest BCUT2D eigenvalue weighted by atomic mass is 16.3. The molecule has 0 bridgehead atoms. The predicted octanol–water partition coefficient (Wildman–Crippen LogP) is 3.22. The highest BCUT2D eigenvalue weighted by molar-refractivity contribution is 5.16. The Balaban J connectivity index is 2.07. The van der Waals surface area contributed by atoms with Crippen LogP contribution in [0.2, 0.25) is 0 Å². The standard InChI is InChI=1S/C16H19NO/c1-3-8-15(16-11-7-12-18-16)17-13(2)14-9-5-4-6-10-14/h3-7,9-13,15,17H,1,8H2,2H3/p+1/t13-,15-/m1/s1. The highest BCUT2D eigenvalue weighted by Gasteiger charge is 2.20. The van der Waals surface area contributed by atoms with Gasteiger partial charge in [-0.05, 0) is 19.1 Å². The second-order valence-electron chi connectivity index (χ2n) is 4.54. The third-order valence-electron chi connectivity index (χ3n) is 3.18. The van der Waals surface area contributed by atoms with Gasteiger partial charge in [0.2, 0.25) is 0 Å². The summed E-state index contributed by atoms with van der Waals surface area (Å²) in [5.41, 5.74) is 1.33. The van der Waals surface area contributed by atoms with Crippen molar-refractivity contribution in [1.82, 2.24) is 0 Å². The van der Waals surface area contributed by atoms with Crippen LogP contribution in [0, 0.1) is 0 Å². The first kappa shape index (κ1) is 12.7. The summed E-state index contributed by atoms with van der Waals surface area (Å²) < 4.78 is 5.51. The fourth-order valence-electron chi connectivity index (χ4n) is 2.19. The molecule has 2 aromatic rings. The molecule has 2 heteroatoms. The van der Waals surface area contributed by atoms with Crippen LogP contribution in [-0.4, -0.2) is 0 Å². The molecule has 0 saturated carbocycles. The summed E-state index contributed by atoms with van der Waals surface area (Å²) in [6, 6.07) is 15.2. The normalized spacial score (nSPS) is 14.1. The van der Waals surface area contributed by atoms with Crippen molar-refractivity contribution in [2.45, 2.75) is 25.4 Å². The second-order valence-corrected chi connectivity index (χ2v) is 4.54. The van der Waals surface area contributed by atoms with E-state index in [1.807, 2.05) is 24.3 Å². The number of hydrogen-bond acceptors (Lipinski definition) is 1. The lowest BCUT2D eigenvalue weighted by atomic mass is 10.1. The molecule has 2 nitrogen and oxygen atoms in total. The molecule has 0 aliphatic rings. The molecule has 2 rings (SSSR count). The summed E-state index contributed by atoms with van der Waals surface area (Å²) in [6.45, 7) is 6.05. The molecule has 0 aliphatic carbocycles. The molecular weight excluding hydrogens is 222 g/mol. The van der Waals surface area contributed by atoms with E-state index >= 15 is 0 Å². The Kier molecular flexibility index (Phi) is 4.37. The zero-order chi connectivity index (χ0) is 12.8. The molecule has 0 unspecified atom stereocenters. The lowest BCUT2D eigenvalue weighted by Gasteiger charge is -2.17. The fourth-order valence-corrected chi connectivity index (χ4v) is 2.19. The molecule has 1 aromatic heterocycles. The van der Waals surface area contributed by atoms with Gasteiger partial charge in [-0.1, -0.05) is 36.4 Å². The molecular formula is C16H20NO+. The minimum absolute atomic E-state index is 0.299. The van der Waals surface area contributed by atoms with Crippen LogP contribution in [0.1, 0.15) is 36.8 Å². The van der Waals surface area contributed by atoms with Gasteiger partial charge in [-0.2, -0.15) is 0 Å². The zero-order valence-corrected chi connectivity index (χ0v) is 10.8. The smallest absolute Gasteiger partial charge is 0.161 e. The Hall–Kier alpha value is -1.80. The van der Waals surface area contributed by atoms with E-state index in [2.05, 4.69) is 43.1 Å². The first-order valence-electron chi connectivity index (χ1n) is 6.35. The van der Waals surface area contributed by atoms with E-state index in [1.165, 1.54) is 5.56 Å². The molecule has 0 radical (unpaired) electrons. The Morgan fingerprint density at radius 2 is 2.00 bits per heavy atom. The van der Waals surface area contributed by atoms with Crippen molar-refractivity contribution in [2.75, 3.05) is 0 Å². The van der Waals surface area contributed by atoms with Gasteiger partial charge in [-0.25, -0.2) is 0 Å². The van der Waals surface area contributed by atoms with Gasteiger partial charge in [-0.15, -0.1) is 6.58 Å². The molecule has 94 valence electrons. The SMILES string of the molecule is C=CC[C@@H]([NH2+][C@H](C)c1ccccc1)c1ccco1. The molecule has 0 aliphatic heterocycles. The monoisotopic (exact) mass is 242 g/mol. The van der Waals surface area contributed by atoms with Gasteiger partial charge in [0.05, 0.1) is 6.26 Å². The lowest BCUT2D eigenvalue weighted by Crippen LogP contribution is -2.85. The van der Waals surface area contributed by atoms with Crippen LogP contribution in [0.25, 0.3) is 0 Å². The minimum Gasteiger partial charge on any atom is -0.463 e. The van der Waals surface area contributed by atoms with Gasteiger partial charge in [-0.3, -0.25) is 0 Å². The summed E-state index contributed by atoms with van der Waals surface area (Å²) in [5.74, 6) is 1.01. The van der Waals surface area contributed by atoms with Crippen LogP contribution in [0.5, 0.6) is 0 Å². The second kappa shape index (κ2) is 6.22. The minimum atomic E-state index is 0.299. The molecule has 0 amide bonds. The molecule has 0 spiro atoms. The predicted molar refractivity (Wildman–Crippen MR) is 73.0 cm³/mol. The Labute approximate surface area is 108 Å². The van der Waals surface area contributed by atoms with Gasteiger partial charge in [0.1, 0.15) is 12.1 Å². The number of hydrogen-bond donors (Lipinski definition) is 1. The summed E-state index contributed by atoms with van der Waals surface area (Å²) >= 11 is 0. The van der Waals surface area contributed by atoms with Crippen molar-refractivity contribution in [3.63, 3.8) is 0 Å². The Morgan fingerprint density at radius 1 is 1.22 bits per heavy atom. The average Bonchev–Trinajstić information content (AvgIpc) is 2.93. The summed E-state index contributed by atoms with van der Waals surface area (Å²) in [6.07, 6.45) is 4.58. The molecule has 1 heterocycles. The third kappa shape index (κ3) is 3.11. The van der Waals surface area contributed by atoms with Crippen LogP contribution in [-0.2, 0) is 0 Å². The number of quaternary nitrogens is 1. The van der Waals surface area contributed by atoms with Crippen molar-refractivity contribution in [3.05, 3.63) is 72.7 Å². The van der Waals surface area contributed by atoms with Crippen LogP contribution in [0.15, 0.2) is 65.8 Å². The number of rotatable bonds is 6. The fraction of sp³-hybridized carbons (Fsp3) is 0.250. The van der Waals surface area contributed by atoms with Crippen LogP contribution < -0.4 is 5.32 Å². The van der Waals surface area contributed by atoms with E-state index < -0.39 is 0 Å². The van der Waals surface area contributed by atoms with E-state index in [-0.39, 0.29) is 0 Å². The van der Waals surface area contributed by atoms with Crippen molar-refractivity contribution in [3.8, 4) is 0 Å². The molecule has 2 N–H and O–H groups in total. The van der Waals surface area contributed by atoms with Crippen molar-refractivity contribution in [1.29, 1.82) is 0 Å². The molecule has 0 saturated heterocycles. The van der Waals surface area contributed by atoms with E-state index in [4.69, 9.17) is 4.42 Å². The van der Waals surface area contributed by atoms with Crippen LogP contribution in [0.3, 0.4) is 0 Å². The largest absolute Gasteiger partial charge is 0.463 e. The average molecular weight is 242 g/mol. The summed E-state index contributed by atoms with van der Waals surface area (Å²) in [4.78, 5) is 0. The van der Waals surface area contributed by atoms with Gasteiger partial charge in [0.25, 0.3) is 0 Å². The first-order valence-corrected chi connectivity index (χ1v) is 6.35. The quantitative estimate of drug-likeness (QED) is 0.774. The molecule has 18 heavy (non-hydrogen) atoms. The highest BCUT2D eigenvalue weighted by Crippen LogP contribution is 2.16. The third-order valence-corrected chi connectivity index (χ3v) is 3.18. The Bertz CT molecular complexity index is 461.